The summed E-state index contributed by atoms with van der Waals surface area (Å²) in [6, 6.07) is 1.89. The lowest BCUT2D eigenvalue weighted by Gasteiger charge is -2.23. The summed E-state index contributed by atoms with van der Waals surface area (Å²) in [7, 11) is -3.57. The Kier molecular flexibility index (Phi) is 4.85. The Bertz CT molecular complexity index is 965. The molecule has 2 aliphatic rings. The minimum absolute atomic E-state index is 0.0715. The van der Waals surface area contributed by atoms with E-state index in [1.54, 1.807) is 0 Å². The van der Waals surface area contributed by atoms with E-state index >= 15 is 0 Å². The topological polar surface area (TPSA) is 99.0 Å². The predicted molar refractivity (Wildman–Crippen MR) is 101 cm³/mol. The van der Waals surface area contributed by atoms with Crippen LogP contribution >= 0.6 is 11.6 Å². The van der Waals surface area contributed by atoms with Crippen LogP contribution in [0.2, 0.25) is 5.15 Å². The summed E-state index contributed by atoms with van der Waals surface area (Å²) in [5.74, 6) is 1.24. The van der Waals surface area contributed by atoms with Gasteiger partial charge in [0.15, 0.2) is 12.0 Å². The summed E-state index contributed by atoms with van der Waals surface area (Å²) in [6.45, 7) is 2.70. The monoisotopic (exact) mass is 411 g/mol. The minimum Gasteiger partial charge on any atom is -0.357 e. The second-order valence-corrected chi connectivity index (χ2v) is 9.43. The van der Waals surface area contributed by atoms with Crippen LogP contribution in [0.25, 0.3) is 0 Å². The third-order valence-electron chi connectivity index (χ3n) is 4.79. The number of hydrogen-bond acceptors (Lipinski definition) is 7. The summed E-state index contributed by atoms with van der Waals surface area (Å²) in [5.41, 5.74) is 1.71. The standard InChI is InChI=1S/C17H22ClN5O3S/c1-10-9-12(22-23(10)13-5-3-4-8-26-13)19-16-14(11-6-7-11)15(18)20-17(21-16)27(2,24)25/h9,11,13H,3-8H2,1-2H3,(H,19,20,21,22). The number of hydrogen-bond donors (Lipinski definition) is 1. The van der Waals surface area contributed by atoms with Crippen LogP contribution in [0.3, 0.4) is 0 Å². The summed E-state index contributed by atoms with van der Waals surface area (Å²) < 4.78 is 31.5. The van der Waals surface area contributed by atoms with E-state index in [-0.39, 0.29) is 22.5 Å². The SMILES string of the molecule is Cc1cc(Nc2nc(S(C)(=O)=O)nc(Cl)c2C2CC2)nn1C1CCCCO1. The van der Waals surface area contributed by atoms with Gasteiger partial charge in [0.25, 0.3) is 0 Å². The summed E-state index contributed by atoms with van der Waals surface area (Å²) >= 11 is 6.30. The van der Waals surface area contributed by atoms with Gasteiger partial charge >= 0.3 is 0 Å². The van der Waals surface area contributed by atoms with Gasteiger partial charge in [-0.1, -0.05) is 11.6 Å². The molecular weight excluding hydrogens is 390 g/mol. The van der Waals surface area contributed by atoms with Gasteiger partial charge in [-0.3, -0.25) is 0 Å². The van der Waals surface area contributed by atoms with Crippen molar-refractivity contribution < 1.29 is 13.2 Å². The van der Waals surface area contributed by atoms with Gasteiger partial charge in [0, 0.05) is 30.2 Å². The molecular formula is C17H22ClN5O3S. The fourth-order valence-electron chi connectivity index (χ4n) is 3.30. The Morgan fingerprint density at radius 1 is 1.26 bits per heavy atom. The van der Waals surface area contributed by atoms with E-state index in [4.69, 9.17) is 16.3 Å². The lowest BCUT2D eigenvalue weighted by Crippen LogP contribution is -2.20. The van der Waals surface area contributed by atoms with Crippen LogP contribution in [0, 0.1) is 6.92 Å². The quantitative estimate of drug-likeness (QED) is 0.594. The second-order valence-electron chi connectivity index (χ2n) is 7.17. The number of aromatic nitrogens is 4. The normalized spacial score (nSPS) is 20.6. The molecule has 0 aromatic carbocycles. The molecule has 0 spiro atoms. The number of ether oxygens (including phenoxy) is 1. The Hall–Kier alpha value is -1.71. The zero-order chi connectivity index (χ0) is 19.2. The Balaban J connectivity index is 1.68. The molecule has 1 saturated heterocycles. The van der Waals surface area contributed by atoms with Gasteiger partial charge in [-0.25, -0.2) is 23.1 Å². The summed E-state index contributed by atoms with van der Waals surface area (Å²) in [6.07, 6.45) is 6.07. The third-order valence-corrected chi connectivity index (χ3v) is 5.93. The van der Waals surface area contributed by atoms with Crippen molar-refractivity contribution in [2.75, 3.05) is 18.2 Å². The number of nitrogens with one attached hydrogen (secondary N) is 1. The van der Waals surface area contributed by atoms with Crippen molar-refractivity contribution in [3.05, 3.63) is 22.5 Å². The Morgan fingerprint density at radius 2 is 2.04 bits per heavy atom. The van der Waals surface area contributed by atoms with E-state index < -0.39 is 9.84 Å². The highest BCUT2D eigenvalue weighted by Crippen LogP contribution is 2.46. The van der Waals surface area contributed by atoms with Crippen molar-refractivity contribution in [3.63, 3.8) is 0 Å². The molecule has 2 fully saturated rings. The van der Waals surface area contributed by atoms with Crippen molar-refractivity contribution in [3.8, 4) is 0 Å². The molecule has 8 nitrogen and oxygen atoms in total. The van der Waals surface area contributed by atoms with Gasteiger partial charge in [0.1, 0.15) is 11.0 Å². The van der Waals surface area contributed by atoms with Crippen LogP contribution in [-0.4, -0.2) is 41.0 Å². The summed E-state index contributed by atoms with van der Waals surface area (Å²) in [4.78, 5) is 8.22. The smallest absolute Gasteiger partial charge is 0.250 e. The maximum atomic E-state index is 11.9. The fourth-order valence-corrected chi connectivity index (χ4v) is 4.18. The molecule has 1 N–H and O–H groups in total. The number of nitrogens with zero attached hydrogens (tertiary/aromatic N) is 4. The van der Waals surface area contributed by atoms with Gasteiger partial charge < -0.3 is 10.1 Å². The molecule has 3 heterocycles. The minimum atomic E-state index is -3.57. The molecule has 0 amide bonds. The van der Waals surface area contributed by atoms with Crippen LogP contribution in [0.5, 0.6) is 0 Å². The molecule has 1 aliphatic heterocycles. The van der Waals surface area contributed by atoms with Crippen molar-refractivity contribution in [1.29, 1.82) is 0 Å². The molecule has 1 unspecified atom stereocenters. The predicted octanol–water partition coefficient (Wildman–Crippen LogP) is 3.36. The Morgan fingerprint density at radius 3 is 2.67 bits per heavy atom. The van der Waals surface area contributed by atoms with Crippen LogP contribution in [0.4, 0.5) is 11.6 Å². The van der Waals surface area contributed by atoms with E-state index in [1.165, 1.54) is 0 Å². The Labute approximate surface area is 163 Å². The highest BCUT2D eigenvalue weighted by Gasteiger charge is 2.32. The highest BCUT2D eigenvalue weighted by atomic mass is 35.5. The largest absolute Gasteiger partial charge is 0.357 e. The maximum absolute atomic E-state index is 11.9. The van der Waals surface area contributed by atoms with Gasteiger partial charge in [0.2, 0.25) is 15.0 Å². The zero-order valence-corrected chi connectivity index (χ0v) is 16.8. The molecule has 146 valence electrons. The van der Waals surface area contributed by atoms with E-state index in [2.05, 4.69) is 20.4 Å². The lowest BCUT2D eigenvalue weighted by atomic mass is 10.2. The van der Waals surface area contributed by atoms with Gasteiger partial charge in [-0.2, -0.15) is 5.10 Å². The van der Waals surface area contributed by atoms with Crippen molar-refractivity contribution in [2.45, 2.75) is 56.3 Å². The average Bonchev–Trinajstić information content (AvgIpc) is 3.37. The molecule has 2 aromatic rings. The van der Waals surface area contributed by atoms with E-state index in [9.17, 15) is 8.42 Å². The first kappa shape index (κ1) is 18.6. The maximum Gasteiger partial charge on any atom is 0.250 e. The number of rotatable bonds is 5. The van der Waals surface area contributed by atoms with Crippen LogP contribution in [-0.2, 0) is 14.6 Å². The van der Waals surface area contributed by atoms with Gasteiger partial charge in [-0.05, 0) is 44.9 Å². The van der Waals surface area contributed by atoms with Crippen molar-refractivity contribution in [2.24, 2.45) is 0 Å². The highest BCUT2D eigenvalue weighted by molar-refractivity contribution is 7.90. The fraction of sp³-hybridized carbons (Fsp3) is 0.588. The number of aryl methyl sites for hydroxylation is 1. The average molecular weight is 412 g/mol. The molecule has 0 bridgehead atoms. The molecule has 0 radical (unpaired) electrons. The molecule has 1 aliphatic carbocycles. The number of sulfone groups is 1. The van der Waals surface area contributed by atoms with Crippen molar-refractivity contribution in [1.82, 2.24) is 19.7 Å². The molecule has 1 atom stereocenters. The van der Waals surface area contributed by atoms with Gasteiger partial charge in [-0.15, -0.1) is 0 Å². The first-order valence-corrected chi connectivity index (χ1v) is 11.3. The first-order chi connectivity index (χ1) is 12.8. The third kappa shape index (κ3) is 3.95. The second kappa shape index (κ2) is 7.03. The van der Waals surface area contributed by atoms with E-state index in [0.717, 1.165) is 56.2 Å². The molecule has 27 heavy (non-hydrogen) atoms. The van der Waals surface area contributed by atoms with Crippen molar-refractivity contribution >= 4 is 33.1 Å². The molecule has 1 saturated carbocycles. The van der Waals surface area contributed by atoms with E-state index in [0.29, 0.717) is 11.6 Å². The lowest BCUT2D eigenvalue weighted by molar-refractivity contribution is -0.0404. The number of anilines is 2. The molecule has 10 heteroatoms. The molecule has 2 aromatic heterocycles. The summed E-state index contributed by atoms with van der Waals surface area (Å²) in [5, 5.41) is 7.66. The molecule has 4 rings (SSSR count). The van der Waals surface area contributed by atoms with Gasteiger partial charge in [0.05, 0.1) is 0 Å². The van der Waals surface area contributed by atoms with Crippen LogP contribution < -0.4 is 5.32 Å². The van der Waals surface area contributed by atoms with E-state index in [1.807, 2.05) is 17.7 Å². The first-order valence-electron chi connectivity index (χ1n) is 9.05. The zero-order valence-electron chi connectivity index (χ0n) is 15.3. The number of halogens is 1. The van der Waals surface area contributed by atoms with Crippen LogP contribution in [0.15, 0.2) is 11.2 Å². The van der Waals surface area contributed by atoms with Crippen LogP contribution in [0.1, 0.15) is 55.5 Å².